The molecule has 0 aliphatic carbocycles. The second kappa shape index (κ2) is 3.84. The van der Waals surface area contributed by atoms with Gasteiger partial charge in [0.05, 0.1) is 13.3 Å². The first kappa shape index (κ1) is 7.90. The Balaban J connectivity index is 2.23. The van der Waals surface area contributed by atoms with Gasteiger partial charge in [0.2, 0.25) is 0 Å². The summed E-state index contributed by atoms with van der Waals surface area (Å²) >= 11 is 11.5. The topological polar surface area (TPSA) is 0 Å². The summed E-state index contributed by atoms with van der Waals surface area (Å²) in [7, 11) is -0.334. The molecule has 1 rings (SSSR count). The predicted molar refractivity (Wildman–Crippen MR) is 44.7 cm³/mol. The van der Waals surface area contributed by atoms with Crippen molar-refractivity contribution in [2.24, 2.45) is 0 Å². The quantitative estimate of drug-likeness (QED) is 0.432. The van der Waals surface area contributed by atoms with E-state index in [2.05, 4.69) is 0 Å². The highest BCUT2D eigenvalue weighted by atomic mass is 35.5. The van der Waals surface area contributed by atoms with E-state index in [0.29, 0.717) is 0 Å². The summed E-state index contributed by atoms with van der Waals surface area (Å²) in [5, 5.41) is 0. The van der Waals surface area contributed by atoms with Crippen molar-refractivity contribution < 1.29 is 0 Å². The fraction of sp³-hybridized carbons (Fsp3) is 1.00. The average molecular weight is 182 g/mol. The Bertz CT molecular complexity index is 79.1. The van der Waals surface area contributed by atoms with E-state index in [1.807, 2.05) is 0 Å². The molecular formula is C6H11Cl2Si. The van der Waals surface area contributed by atoms with Crippen molar-refractivity contribution in [3.63, 3.8) is 0 Å². The Morgan fingerprint density at radius 2 is 1.56 bits per heavy atom. The first-order chi connectivity index (χ1) is 4.30. The second-order valence-corrected chi connectivity index (χ2v) is 7.24. The molecule has 53 valence electrons. The van der Waals surface area contributed by atoms with Crippen LogP contribution in [0, 0.1) is 0 Å². The molecule has 0 amide bonds. The van der Waals surface area contributed by atoms with Crippen LogP contribution in [-0.2, 0) is 0 Å². The van der Waals surface area contributed by atoms with Gasteiger partial charge in [-0.2, -0.15) is 0 Å². The Morgan fingerprint density at radius 1 is 1.00 bits per heavy atom. The fourth-order valence-electron chi connectivity index (χ4n) is 1.22. The van der Waals surface area contributed by atoms with Gasteiger partial charge in [0.25, 0.3) is 0 Å². The first-order valence-electron chi connectivity index (χ1n) is 3.43. The third-order valence-electron chi connectivity index (χ3n) is 1.80. The van der Waals surface area contributed by atoms with Crippen LogP contribution in [0.2, 0.25) is 12.1 Å². The lowest BCUT2D eigenvalue weighted by atomic mass is 10.3. The number of halogens is 2. The van der Waals surface area contributed by atoms with Crippen molar-refractivity contribution in [1.29, 1.82) is 0 Å². The van der Waals surface area contributed by atoms with Gasteiger partial charge in [-0.25, -0.2) is 0 Å². The lowest BCUT2D eigenvalue weighted by molar-refractivity contribution is 0.723. The van der Waals surface area contributed by atoms with Crippen molar-refractivity contribution in [1.82, 2.24) is 0 Å². The molecule has 0 bridgehead atoms. The SMILES string of the molecule is ClC(Cl)[Si]1CCCCC1. The molecule has 1 aliphatic heterocycles. The molecule has 0 saturated carbocycles. The number of hydrogen-bond acceptors (Lipinski definition) is 0. The molecule has 1 heterocycles. The molecule has 1 radical (unpaired) electrons. The van der Waals surface area contributed by atoms with E-state index in [0.717, 1.165) is 0 Å². The third-order valence-corrected chi connectivity index (χ3v) is 6.26. The molecule has 0 spiro atoms. The maximum absolute atomic E-state index is 5.77. The summed E-state index contributed by atoms with van der Waals surface area (Å²) in [6.45, 7) is 0. The fourth-order valence-corrected chi connectivity index (χ4v) is 4.63. The summed E-state index contributed by atoms with van der Waals surface area (Å²) in [6, 6.07) is 2.67. The molecular weight excluding hydrogens is 171 g/mol. The van der Waals surface area contributed by atoms with Crippen molar-refractivity contribution >= 4 is 32.0 Å². The third kappa shape index (κ3) is 2.48. The van der Waals surface area contributed by atoms with Gasteiger partial charge in [0.15, 0.2) is 0 Å². The molecule has 1 saturated heterocycles. The zero-order valence-corrected chi connectivity index (χ0v) is 7.88. The monoisotopic (exact) mass is 181 g/mol. The normalized spacial score (nSPS) is 23.0. The summed E-state index contributed by atoms with van der Waals surface area (Å²) in [5.74, 6) is 0. The zero-order valence-electron chi connectivity index (χ0n) is 5.37. The summed E-state index contributed by atoms with van der Waals surface area (Å²) in [4.78, 5) is 0. The van der Waals surface area contributed by atoms with E-state index in [9.17, 15) is 0 Å². The first-order valence-corrected chi connectivity index (χ1v) is 6.30. The van der Waals surface area contributed by atoms with Gasteiger partial charge in [0, 0.05) is 0 Å². The van der Waals surface area contributed by atoms with E-state index in [1.165, 1.54) is 31.4 Å². The molecule has 0 aromatic heterocycles. The van der Waals surface area contributed by atoms with Crippen LogP contribution in [0.3, 0.4) is 0 Å². The summed E-state index contributed by atoms with van der Waals surface area (Å²) in [6.07, 6.45) is 4.13. The maximum Gasteiger partial charge on any atom is 0.0954 e. The molecule has 9 heavy (non-hydrogen) atoms. The maximum atomic E-state index is 5.77. The van der Waals surface area contributed by atoms with Gasteiger partial charge in [-0.3, -0.25) is 0 Å². The molecule has 0 aromatic rings. The highest BCUT2D eigenvalue weighted by Gasteiger charge is 2.21. The molecule has 3 heteroatoms. The number of alkyl halides is 2. The highest BCUT2D eigenvalue weighted by molar-refractivity contribution is 6.80. The second-order valence-electron chi connectivity index (χ2n) is 2.52. The van der Waals surface area contributed by atoms with Gasteiger partial charge in [0.1, 0.15) is 0 Å². The Hall–Kier alpha value is 0.797. The van der Waals surface area contributed by atoms with Gasteiger partial charge in [-0.1, -0.05) is 31.4 Å². The molecule has 1 aliphatic rings. The van der Waals surface area contributed by atoms with E-state index in [-0.39, 0.29) is 13.3 Å². The lowest BCUT2D eigenvalue weighted by Crippen LogP contribution is -2.23. The van der Waals surface area contributed by atoms with Crippen molar-refractivity contribution in [2.45, 2.75) is 35.8 Å². The largest absolute Gasteiger partial charge is 0.110 e. The van der Waals surface area contributed by atoms with E-state index >= 15 is 0 Å². The molecule has 0 unspecified atom stereocenters. The molecule has 0 nitrogen and oxygen atoms in total. The van der Waals surface area contributed by atoms with Gasteiger partial charge in [-0.15, -0.1) is 23.2 Å². The van der Waals surface area contributed by atoms with Crippen molar-refractivity contribution in [2.75, 3.05) is 0 Å². The van der Waals surface area contributed by atoms with E-state index < -0.39 is 0 Å². The Morgan fingerprint density at radius 3 is 1.89 bits per heavy atom. The highest BCUT2D eigenvalue weighted by Crippen LogP contribution is 2.24. The lowest BCUT2D eigenvalue weighted by Gasteiger charge is -2.19. The van der Waals surface area contributed by atoms with Crippen LogP contribution in [0.5, 0.6) is 0 Å². The van der Waals surface area contributed by atoms with Crippen LogP contribution in [-0.4, -0.2) is 13.3 Å². The summed E-state index contributed by atoms with van der Waals surface area (Å²) < 4.78 is -0.0182. The van der Waals surface area contributed by atoms with Gasteiger partial charge >= 0.3 is 0 Å². The molecule has 0 N–H and O–H groups in total. The van der Waals surface area contributed by atoms with Crippen LogP contribution >= 0.6 is 23.2 Å². The summed E-state index contributed by atoms with van der Waals surface area (Å²) in [5.41, 5.74) is 0. The molecule has 0 atom stereocenters. The Kier molecular flexibility index (Phi) is 3.37. The van der Waals surface area contributed by atoms with Gasteiger partial charge < -0.3 is 0 Å². The van der Waals surface area contributed by atoms with Crippen LogP contribution in [0.1, 0.15) is 19.3 Å². The molecule has 0 aromatic carbocycles. The minimum absolute atomic E-state index is 0.0182. The van der Waals surface area contributed by atoms with Gasteiger partial charge in [-0.05, 0) is 0 Å². The smallest absolute Gasteiger partial charge is 0.0954 e. The number of rotatable bonds is 1. The number of hydrogen-bond donors (Lipinski definition) is 0. The van der Waals surface area contributed by atoms with Crippen LogP contribution < -0.4 is 0 Å². The van der Waals surface area contributed by atoms with Crippen LogP contribution in [0.25, 0.3) is 0 Å². The van der Waals surface area contributed by atoms with E-state index in [4.69, 9.17) is 23.2 Å². The van der Waals surface area contributed by atoms with Crippen molar-refractivity contribution in [3.05, 3.63) is 0 Å². The van der Waals surface area contributed by atoms with Crippen LogP contribution in [0.4, 0.5) is 0 Å². The molecule has 1 fully saturated rings. The van der Waals surface area contributed by atoms with E-state index in [1.54, 1.807) is 0 Å². The standard InChI is InChI=1S/C6H11Cl2Si/c7-6(8)9-4-2-1-3-5-9/h6H,1-5H2. The Labute approximate surface area is 68.1 Å². The van der Waals surface area contributed by atoms with Crippen molar-refractivity contribution in [3.8, 4) is 0 Å². The minimum Gasteiger partial charge on any atom is -0.110 e. The predicted octanol–water partition coefficient (Wildman–Crippen LogP) is 3.01. The van der Waals surface area contributed by atoms with Crippen LogP contribution in [0.15, 0.2) is 0 Å². The zero-order chi connectivity index (χ0) is 6.69. The minimum atomic E-state index is -0.334. The average Bonchev–Trinajstić information content (AvgIpc) is 1.90.